The molecule has 0 N–H and O–H groups in total. The first-order valence-corrected chi connectivity index (χ1v) is 10.7. The average molecular weight is 424 g/mol. The van der Waals surface area contributed by atoms with Crippen LogP contribution in [-0.2, 0) is 14.5 Å². The second kappa shape index (κ2) is 6.11. The Morgan fingerprint density at radius 3 is 2.47 bits per heavy atom. The molecule has 0 bridgehead atoms. The highest BCUT2D eigenvalue weighted by molar-refractivity contribution is 8.02. The Morgan fingerprint density at radius 1 is 1.10 bits per heavy atom. The van der Waals surface area contributed by atoms with E-state index in [2.05, 4.69) is 6.08 Å². The molecule has 2 aromatic rings. The van der Waals surface area contributed by atoms with E-state index in [4.69, 9.17) is 4.74 Å². The van der Waals surface area contributed by atoms with Gasteiger partial charge >= 0.3 is 0 Å². The van der Waals surface area contributed by atoms with Crippen molar-refractivity contribution in [2.45, 2.75) is 31.2 Å². The molecule has 2 aromatic carbocycles. The third kappa shape index (κ3) is 2.29. The number of fused-ring (bicyclic) bond motifs is 1. The summed E-state index contributed by atoms with van der Waals surface area (Å²) in [5, 5.41) is 0. The van der Waals surface area contributed by atoms with Crippen molar-refractivity contribution in [2.75, 3.05) is 22.7 Å². The molecule has 5 rings (SSSR count). The Balaban J connectivity index is 1.83. The topological polar surface area (TPSA) is 49.9 Å². The van der Waals surface area contributed by atoms with Crippen LogP contribution in [0.4, 0.5) is 15.8 Å². The predicted molar refractivity (Wildman–Crippen MR) is 116 cm³/mol. The number of carbonyl (C=O) groups is 2. The molecule has 7 heteroatoms. The molecular weight excluding hydrogens is 403 g/mol. The van der Waals surface area contributed by atoms with Gasteiger partial charge in [-0.15, -0.1) is 11.8 Å². The molecule has 1 fully saturated rings. The number of hydrogen-bond donors (Lipinski definition) is 0. The van der Waals surface area contributed by atoms with Crippen LogP contribution in [-0.4, -0.2) is 30.2 Å². The van der Waals surface area contributed by atoms with Gasteiger partial charge in [0.1, 0.15) is 11.6 Å². The first kappa shape index (κ1) is 19.2. The predicted octanol–water partition coefficient (Wildman–Crippen LogP) is 4.31. The molecule has 0 saturated carbocycles. The molecule has 0 radical (unpaired) electrons. The zero-order valence-electron chi connectivity index (χ0n) is 17.2. The van der Waals surface area contributed by atoms with Gasteiger partial charge in [0, 0.05) is 16.8 Å². The van der Waals surface area contributed by atoms with Crippen LogP contribution in [0.2, 0.25) is 0 Å². The maximum Gasteiger partial charge on any atom is 0.269 e. The molecule has 5 nitrogen and oxygen atoms in total. The fourth-order valence-corrected chi connectivity index (χ4v) is 6.18. The second-order valence-electron chi connectivity index (χ2n) is 8.33. The number of benzene rings is 2. The van der Waals surface area contributed by atoms with Crippen molar-refractivity contribution in [3.05, 3.63) is 59.4 Å². The van der Waals surface area contributed by atoms with Crippen LogP contribution in [0, 0.1) is 5.82 Å². The first-order valence-electron chi connectivity index (χ1n) is 9.70. The highest BCUT2D eigenvalue weighted by Crippen LogP contribution is 2.60. The molecule has 3 aliphatic rings. The third-order valence-corrected chi connectivity index (χ3v) is 7.41. The standard InChI is InChI=1S/C23H21FN2O3S/c1-13-11-22(2,3)26-20-17(13)9-16(29-4)10-18(20)23(21(26)28)25(19(27)12-30-23)15-7-5-14(24)6-8-15/h5-11H,12H2,1-4H3/t23-/m1/s1. The summed E-state index contributed by atoms with van der Waals surface area (Å²) in [5.41, 5.74) is 3.48. The van der Waals surface area contributed by atoms with E-state index < -0.39 is 16.2 Å². The van der Waals surface area contributed by atoms with E-state index in [1.165, 1.54) is 28.8 Å². The summed E-state index contributed by atoms with van der Waals surface area (Å²) in [7, 11) is 1.59. The normalized spacial score (nSPS) is 23.8. The number of rotatable bonds is 2. The van der Waals surface area contributed by atoms with Crippen LogP contribution in [0.5, 0.6) is 5.75 Å². The van der Waals surface area contributed by atoms with Gasteiger partial charge in [0.25, 0.3) is 5.91 Å². The summed E-state index contributed by atoms with van der Waals surface area (Å²) in [6.07, 6.45) is 2.07. The van der Waals surface area contributed by atoms with Crippen molar-refractivity contribution in [3.63, 3.8) is 0 Å². The van der Waals surface area contributed by atoms with Gasteiger partial charge in [-0.3, -0.25) is 19.4 Å². The number of nitrogens with zero attached hydrogens (tertiary/aromatic N) is 2. The number of hydrogen-bond acceptors (Lipinski definition) is 4. The van der Waals surface area contributed by atoms with Gasteiger partial charge in [0.2, 0.25) is 10.8 Å². The van der Waals surface area contributed by atoms with Gasteiger partial charge in [-0.25, -0.2) is 4.39 Å². The Kier molecular flexibility index (Phi) is 3.90. The molecule has 0 unspecified atom stereocenters. The average Bonchev–Trinajstić information content (AvgIpc) is 3.17. The zero-order valence-corrected chi connectivity index (χ0v) is 18.0. The van der Waals surface area contributed by atoms with Crippen molar-refractivity contribution in [2.24, 2.45) is 0 Å². The van der Waals surface area contributed by atoms with Crippen LogP contribution in [0.15, 0.2) is 42.5 Å². The molecule has 0 aromatic heterocycles. The van der Waals surface area contributed by atoms with Crippen molar-refractivity contribution in [1.29, 1.82) is 0 Å². The van der Waals surface area contributed by atoms with E-state index in [-0.39, 0.29) is 17.6 Å². The van der Waals surface area contributed by atoms with Gasteiger partial charge in [0.05, 0.1) is 24.1 Å². The quantitative estimate of drug-likeness (QED) is 0.721. The van der Waals surface area contributed by atoms with E-state index >= 15 is 0 Å². The highest BCUT2D eigenvalue weighted by Gasteiger charge is 2.64. The van der Waals surface area contributed by atoms with E-state index in [9.17, 15) is 14.0 Å². The second-order valence-corrected chi connectivity index (χ2v) is 9.50. The fraction of sp³-hybridized carbons (Fsp3) is 0.304. The highest BCUT2D eigenvalue weighted by atomic mass is 32.2. The lowest BCUT2D eigenvalue weighted by Gasteiger charge is -2.40. The molecule has 154 valence electrons. The number of allylic oxidation sites excluding steroid dienone is 1. The van der Waals surface area contributed by atoms with Crippen LogP contribution in [0.25, 0.3) is 5.57 Å². The van der Waals surface area contributed by atoms with Crippen molar-refractivity contribution >= 4 is 40.5 Å². The molecule has 1 saturated heterocycles. The minimum Gasteiger partial charge on any atom is -0.497 e. The van der Waals surface area contributed by atoms with Crippen molar-refractivity contribution in [3.8, 4) is 5.75 Å². The number of carbonyl (C=O) groups excluding carboxylic acids is 2. The largest absolute Gasteiger partial charge is 0.497 e. The molecule has 3 aliphatic heterocycles. The number of halogens is 1. The minimum atomic E-state index is -1.25. The van der Waals surface area contributed by atoms with Crippen molar-refractivity contribution in [1.82, 2.24) is 0 Å². The van der Waals surface area contributed by atoms with Gasteiger partial charge < -0.3 is 4.74 Å². The van der Waals surface area contributed by atoms with Gasteiger partial charge in [-0.2, -0.15) is 0 Å². The first-order chi connectivity index (χ1) is 14.2. The van der Waals surface area contributed by atoms with Crippen LogP contribution in [0.1, 0.15) is 31.9 Å². The number of amides is 2. The van der Waals surface area contributed by atoms with Gasteiger partial charge in [-0.1, -0.05) is 6.08 Å². The number of thioether (sulfide) groups is 1. The maximum absolute atomic E-state index is 14.1. The molecule has 1 spiro atoms. The van der Waals surface area contributed by atoms with Crippen LogP contribution in [0.3, 0.4) is 0 Å². The summed E-state index contributed by atoms with van der Waals surface area (Å²) in [6.45, 7) is 6.01. The summed E-state index contributed by atoms with van der Waals surface area (Å²) in [4.78, 5) is 29.2. The molecule has 1 atom stereocenters. The summed E-state index contributed by atoms with van der Waals surface area (Å²) < 4.78 is 19.1. The summed E-state index contributed by atoms with van der Waals surface area (Å²) >= 11 is 1.31. The fourth-order valence-electron chi connectivity index (χ4n) is 4.86. The number of anilines is 2. The molecule has 30 heavy (non-hydrogen) atoms. The van der Waals surface area contributed by atoms with Gasteiger partial charge in [-0.05, 0) is 62.7 Å². The van der Waals surface area contributed by atoms with Gasteiger partial charge in [0.15, 0.2) is 0 Å². The maximum atomic E-state index is 14.1. The lowest BCUT2D eigenvalue weighted by molar-refractivity contribution is -0.124. The molecule has 3 heterocycles. The summed E-state index contributed by atoms with van der Waals surface area (Å²) in [5.74, 6) is 0.0502. The monoisotopic (exact) mass is 424 g/mol. The van der Waals surface area contributed by atoms with E-state index in [0.717, 1.165) is 22.4 Å². The summed E-state index contributed by atoms with van der Waals surface area (Å²) in [6, 6.07) is 9.50. The molecular formula is C23H21FN2O3S. The number of methoxy groups -OCH3 is 1. The minimum absolute atomic E-state index is 0.162. The number of ether oxygens (including phenoxy) is 1. The Morgan fingerprint density at radius 2 is 1.80 bits per heavy atom. The SMILES string of the molecule is COc1cc2c3c(c1)[C@@]1(SCC(=O)N1c1ccc(F)cc1)C(=O)N3C(C)(C)C=C2C. The van der Waals surface area contributed by atoms with Crippen LogP contribution < -0.4 is 14.5 Å². The smallest absolute Gasteiger partial charge is 0.269 e. The Labute approximate surface area is 178 Å². The Bertz CT molecular complexity index is 1140. The molecule has 2 amide bonds. The lowest BCUT2D eigenvalue weighted by atomic mass is 9.89. The zero-order chi connectivity index (χ0) is 21.4. The molecule has 0 aliphatic carbocycles. The van der Waals surface area contributed by atoms with Crippen molar-refractivity contribution < 1.29 is 18.7 Å². The Hall–Kier alpha value is -2.80. The lowest BCUT2D eigenvalue weighted by Crippen LogP contribution is -2.54. The van der Waals surface area contributed by atoms with E-state index in [1.54, 1.807) is 24.1 Å². The van der Waals surface area contributed by atoms with E-state index in [0.29, 0.717) is 11.4 Å². The van der Waals surface area contributed by atoms with E-state index in [1.807, 2.05) is 32.9 Å². The third-order valence-electron chi connectivity index (χ3n) is 6.03. The van der Waals surface area contributed by atoms with Crippen LogP contribution >= 0.6 is 11.8 Å².